The normalized spacial score (nSPS) is 10.4. The average molecular weight is 363 g/mol. The smallest absolute Gasteiger partial charge is 0.325 e. The molecule has 2 aromatic rings. The summed E-state index contributed by atoms with van der Waals surface area (Å²) in [5, 5.41) is 17.8. The first kappa shape index (κ1) is 19.3. The lowest BCUT2D eigenvalue weighted by molar-refractivity contribution is -0.136. The van der Waals surface area contributed by atoms with E-state index in [4.69, 9.17) is 5.26 Å². The highest BCUT2D eigenvalue weighted by molar-refractivity contribution is 6.39. The molecule has 8 heteroatoms. The van der Waals surface area contributed by atoms with Gasteiger partial charge in [-0.1, -0.05) is 30.3 Å². The largest absolute Gasteiger partial charge is 0.329 e. The molecule has 2 rings (SSSR count). The van der Waals surface area contributed by atoms with Gasteiger partial charge in [-0.25, -0.2) is 5.43 Å². The topological polar surface area (TPSA) is 123 Å². The van der Waals surface area contributed by atoms with Crippen LogP contribution in [0.4, 0.5) is 11.4 Å². The van der Waals surface area contributed by atoms with E-state index in [9.17, 15) is 14.4 Å². The Labute approximate surface area is 155 Å². The Morgan fingerprint density at radius 3 is 2.33 bits per heavy atom. The fourth-order valence-electron chi connectivity index (χ4n) is 2.06. The zero-order valence-electron chi connectivity index (χ0n) is 14.5. The molecule has 0 atom stereocenters. The van der Waals surface area contributed by atoms with Crippen molar-refractivity contribution in [2.24, 2.45) is 5.10 Å². The molecule has 0 radical (unpaired) electrons. The van der Waals surface area contributed by atoms with Crippen molar-refractivity contribution in [2.45, 2.75) is 13.3 Å². The number of hydrazone groups is 1. The van der Waals surface area contributed by atoms with E-state index < -0.39 is 17.7 Å². The Kier molecular flexibility index (Phi) is 6.79. The molecule has 0 fully saturated rings. The van der Waals surface area contributed by atoms with Crippen LogP contribution in [0.25, 0.3) is 0 Å². The molecule has 0 saturated carbocycles. The van der Waals surface area contributed by atoms with Crippen LogP contribution in [0, 0.1) is 11.3 Å². The summed E-state index contributed by atoms with van der Waals surface area (Å²) >= 11 is 0. The highest BCUT2D eigenvalue weighted by Gasteiger charge is 2.13. The summed E-state index contributed by atoms with van der Waals surface area (Å²) in [6.07, 6.45) is -0.111. The fourth-order valence-corrected chi connectivity index (χ4v) is 2.06. The van der Waals surface area contributed by atoms with Crippen molar-refractivity contribution in [3.8, 4) is 6.07 Å². The second-order valence-corrected chi connectivity index (χ2v) is 5.49. The van der Waals surface area contributed by atoms with Crippen molar-refractivity contribution >= 4 is 34.8 Å². The predicted octanol–water partition coefficient (Wildman–Crippen LogP) is 2.02. The highest BCUT2D eigenvalue weighted by Crippen LogP contribution is 2.13. The Balaban J connectivity index is 1.86. The molecule has 0 spiro atoms. The predicted molar refractivity (Wildman–Crippen MR) is 101 cm³/mol. The van der Waals surface area contributed by atoms with E-state index >= 15 is 0 Å². The maximum atomic E-state index is 12.0. The summed E-state index contributed by atoms with van der Waals surface area (Å²) in [4.78, 5) is 35.5. The zero-order valence-corrected chi connectivity index (χ0v) is 14.5. The summed E-state index contributed by atoms with van der Waals surface area (Å²) in [5.74, 6) is -2.22. The Morgan fingerprint density at radius 2 is 1.63 bits per heavy atom. The van der Waals surface area contributed by atoms with Gasteiger partial charge in [0.05, 0.1) is 17.7 Å². The number of nitrogens with one attached hydrogen (secondary N) is 3. The van der Waals surface area contributed by atoms with Gasteiger partial charge in [0.1, 0.15) is 6.07 Å². The first-order chi connectivity index (χ1) is 13.0. The van der Waals surface area contributed by atoms with Gasteiger partial charge in [-0.3, -0.25) is 14.4 Å². The van der Waals surface area contributed by atoms with Crippen LogP contribution in [0.15, 0.2) is 59.7 Å². The quantitative estimate of drug-likeness (QED) is 0.427. The molecule has 2 aromatic carbocycles. The summed E-state index contributed by atoms with van der Waals surface area (Å²) in [5.41, 5.74) is 3.61. The lowest BCUT2D eigenvalue weighted by Gasteiger charge is -2.07. The number of rotatable bonds is 5. The van der Waals surface area contributed by atoms with E-state index in [-0.39, 0.29) is 6.42 Å². The average Bonchev–Trinajstić information content (AvgIpc) is 2.67. The number of benzene rings is 2. The third-order valence-electron chi connectivity index (χ3n) is 3.32. The highest BCUT2D eigenvalue weighted by atomic mass is 16.2. The van der Waals surface area contributed by atoms with E-state index in [1.54, 1.807) is 54.6 Å². The van der Waals surface area contributed by atoms with Crippen molar-refractivity contribution in [1.29, 1.82) is 5.26 Å². The summed E-state index contributed by atoms with van der Waals surface area (Å²) in [7, 11) is 0. The molecule has 0 saturated heterocycles. The van der Waals surface area contributed by atoms with Crippen molar-refractivity contribution in [3.63, 3.8) is 0 Å². The van der Waals surface area contributed by atoms with Crippen LogP contribution in [-0.2, 0) is 14.4 Å². The zero-order chi connectivity index (χ0) is 19.6. The van der Waals surface area contributed by atoms with Gasteiger partial charge in [0.2, 0.25) is 5.91 Å². The molecule has 8 nitrogen and oxygen atoms in total. The molecule has 27 heavy (non-hydrogen) atoms. The Hall–Kier alpha value is -3.99. The number of amides is 3. The van der Waals surface area contributed by atoms with Gasteiger partial charge in [0.15, 0.2) is 0 Å². The minimum atomic E-state index is -0.951. The fraction of sp³-hybridized carbons (Fsp3) is 0.105. The molecule has 0 bridgehead atoms. The Morgan fingerprint density at radius 1 is 0.963 bits per heavy atom. The van der Waals surface area contributed by atoms with Gasteiger partial charge >= 0.3 is 11.8 Å². The minimum absolute atomic E-state index is 0.111. The molecule has 0 heterocycles. The number of hydrogen-bond donors (Lipinski definition) is 3. The van der Waals surface area contributed by atoms with Crippen molar-refractivity contribution in [1.82, 2.24) is 5.43 Å². The van der Waals surface area contributed by atoms with E-state index in [0.717, 1.165) is 0 Å². The molecule has 0 unspecified atom stereocenters. The molecule has 0 aliphatic rings. The molecule has 136 valence electrons. The summed E-state index contributed by atoms with van der Waals surface area (Å²) < 4.78 is 0. The molecule has 0 aliphatic carbocycles. The maximum Gasteiger partial charge on any atom is 0.329 e. The minimum Gasteiger partial charge on any atom is -0.325 e. The van der Waals surface area contributed by atoms with Gasteiger partial charge in [-0.15, -0.1) is 0 Å². The third-order valence-corrected chi connectivity index (χ3v) is 3.32. The van der Waals surface area contributed by atoms with Gasteiger partial charge in [0, 0.05) is 11.4 Å². The number of carbonyl (C=O) groups excluding carboxylic acids is 3. The lowest BCUT2D eigenvalue weighted by Crippen LogP contribution is -2.33. The van der Waals surface area contributed by atoms with E-state index in [0.29, 0.717) is 22.6 Å². The van der Waals surface area contributed by atoms with Crippen LogP contribution in [0.2, 0.25) is 0 Å². The number of carbonyl (C=O) groups is 3. The van der Waals surface area contributed by atoms with Crippen LogP contribution in [0.1, 0.15) is 18.9 Å². The molecular formula is C19H17N5O3. The van der Waals surface area contributed by atoms with E-state index in [1.807, 2.05) is 6.07 Å². The van der Waals surface area contributed by atoms with Crippen LogP contribution in [-0.4, -0.2) is 23.4 Å². The standard InChI is InChI=1S/C19H17N5O3/c1-13(11-17(25)22-16-10-6-5-7-14(16)12-20)23-24-19(27)18(26)21-15-8-3-2-4-9-15/h2-10H,11H2,1H3,(H,21,26)(H,22,25)(H,24,27)/b23-13-. The molecular weight excluding hydrogens is 346 g/mol. The van der Waals surface area contributed by atoms with Crippen molar-refractivity contribution < 1.29 is 14.4 Å². The third kappa shape index (κ3) is 6.10. The second-order valence-electron chi connectivity index (χ2n) is 5.49. The number of nitrogens with zero attached hydrogens (tertiary/aromatic N) is 2. The number of para-hydroxylation sites is 2. The number of nitriles is 1. The molecule has 3 amide bonds. The Bertz CT molecular complexity index is 916. The van der Waals surface area contributed by atoms with Crippen molar-refractivity contribution in [3.05, 3.63) is 60.2 Å². The SMILES string of the molecule is C/C(CC(=O)Nc1ccccc1C#N)=N/NC(=O)C(=O)Nc1ccccc1. The second kappa shape index (κ2) is 9.48. The van der Waals surface area contributed by atoms with E-state index in [1.165, 1.54) is 6.92 Å². The summed E-state index contributed by atoms with van der Waals surface area (Å²) in [6, 6.07) is 17.1. The first-order valence-electron chi connectivity index (χ1n) is 7.98. The number of anilines is 2. The maximum absolute atomic E-state index is 12.0. The van der Waals surface area contributed by atoms with Gasteiger partial charge in [0.25, 0.3) is 0 Å². The van der Waals surface area contributed by atoms with Gasteiger partial charge in [-0.2, -0.15) is 10.4 Å². The molecule has 0 aromatic heterocycles. The van der Waals surface area contributed by atoms with E-state index in [2.05, 4.69) is 21.2 Å². The molecule has 3 N–H and O–H groups in total. The van der Waals surface area contributed by atoms with Crippen LogP contribution in [0.5, 0.6) is 0 Å². The van der Waals surface area contributed by atoms with Crippen molar-refractivity contribution in [2.75, 3.05) is 10.6 Å². The number of hydrogen-bond acceptors (Lipinski definition) is 5. The van der Waals surface area contributed by atoms with Crippen LogP contribution < -0.4 is 16.1 Å². The van der Waals surface area contributed by atoms with Gasteiger partial charge < -0.3 is 10.6 Å². The molecule has 0 aliphatic heterocycles. The van der Waals surface area contributed by atoms with Crippen LogP contribution >= 0.6 is 0 Å². The summed E-state index contributed by atoms with van der Waals surface area (Å²) in [6.45, 7) is 1.53. The first-order valence-corrected chi connectivity index (χ1v) is 7.98. The monoisotopic (exact) mass is 363 g/mol. The van der Waals surface area contributed by atoms with Gasteiger partial charge in [-0.05, 0) is 31.2 Å². The lowest BCUT2D eigenvalue weighted by atomic mass is 10.2. The van der Waals surface area contributed by atoms with Crippen LogP contribution in [0.3, 0.4) is 0 Å².